The first-order valence-corrected chi connectivity index (χ1v) is 9.92. The summed E-state index contributed by atoms with van der Waals surface area (Å²) in [6, 6.07) is 15.6. The van der Waals surface area contributed by atoms with Gasteiger partial charge >= 0.3 is 11.8 Å². The highest BCUT2D eigenvalue weighted by Crippen LogP contribution is 2.28. The molecule has 2 aromatic carbocycles. The van der Waals surface area contributed by atoms with Gasteiger partial charge in [-0.25, -0.2) is 0 Å². The minimum absolute atomic E-state index is 0.230. The average molecular weight is 389 g/mol. The third-order valence-corrected chi connectivity index (χ3v) is 4.97. The second-order valence-corrected chi connectivity index (χ2v) is 7.79. The largest absolute Gasteiger partial charge is 0.344 e. The first-order valence-electron chi connectivity index (χ1n) is 9.92. The van der Waals surface area contributed by atoms with Gasteiger partial charge in [0.2, 0.25) is 0 Å². The standard InChI is InChI=1S/C24H27N3O2/c1-15(2)18-10-11-21(20(13-18)16(3)4)27-24(29)23(28)26-14-19-8-5-7-17-9-6-12-25-22(17)19/h5-13,15-16H,14H2,1-4H3,(H,26,28)(H,27,29). The Morgan fingerprint density at radius 1 is 0.931 bits per heavy atom. The summed E-state index contributed by atoms with van der Waals surface area (Å²) in [5.74, 6) is -0.707. The molecule has 5 heteroatoms. The lowest BCUT2D eigenvalue weighted by Crippen LogP contribution is -2.35. The third kappa shape index (κ3) is 4.80. The predicted octanol–water partition coefficient (Wildman–Crippen LogP) is 4.74. The average Bonchev–Trinajstić information content (AvgIpc) is 2.71. The Morgan fingerprint density at radius 3 is 2.41 bits per heavy atom. The maximum atomic E-state index is 12.5. The summed E-state index contributed by atoms with van der Waals surface area (Å²) in [6.45, 7) is 8.65. The smallest absolute Gasteiger partial charge is 0.313 e. The van der Waals surface area contributed by atoms with Gasteiger partial charge in [0.05, 0.1) is 5.52 Å². The van der Waals surface area contributed by atoms with E-state index >= 15 is 0 Å². The van der Waals surface area contributed by atoms with Crippen molar-refractivity contribution in [3.8, 4) is 0 Å². The fourth-order valence-electron chi connectivity index (χ4n) is 3.28. The summed E-state index contributed by atoms with van der Waals surface area (Å²) >= 11 is 0. The van der Waals surface area contributed by atoms with E-state index in [-0.39, 0.29) is 12.5 Å². The van der Waals surface area contributed by atoms with Crippen LogP contribution < -0.4 is 10.6 Å². The zero-order valence-electron chi connectivity index (χ0n) is 17.3. The Kier molecular flexibility index (Phi) is 6.27. The number of amides is 2. The highest BCUT2D eigenvalue weighted by Gasteiger charge is 2.17. The van der Waals surface area contributed by atoms with Gasteiger partial charge in [-0.3, -0.25) is 14.6 Å². The number of nitrogens with zero attached hydrogens (tertiary/aromatic N) is 1. The Balaban J connectivity index is 1.70. The summed E-state index contributed by atoms with van der Waals surface area (Å²) in [7, 11) is 0. The molecular weight excluding hydrogens is 362 g/mol. The molecule has 0 fully saturated rings. The van der Waals surface area contributed by atoms with Crippen LogP contribution in [0.2, 0.25) is 0 Å². The summed E-state index contributed by atoms with van der Waals surface area (Å²) in [6.07, 6.45) is 1.72. The van der Waals surface area contributed by atoms with Gasteiger partial charge in [0.25, 0.3) is 0 Å². The van der Waals surface area contributed by atoms with Gasteiger partial charge in [-0.2, -0.15) is 0 Å². The summed E-state index contributed by atoms with van der Waals surface area (Å²) in [5.41, 5.74) is 4.60. The van der Waals surface area contributed by atoms with Crippen molar-refractivity contribution >= 4 is 28.4 Å². The molecular formula is C24H27N3O2. The normalized spacial score (nSPS) is 11.1. The van der Waals surface area contributed by atoms with Crippen LogP contribution in [0.4, 0.5) is 5.69 Å². The van der Waals surface area contributed by atoms with E-state index in [1.807, 2.05) is 42.5 Å². The van der Waals surface area contributed by atoms with Crippen LogP contribution in [-0.2, 0) is 16.1 Å². The van der Waals surface area contributed by atoms with Crippen molar-refractivity contribution in [1.29, 1.82) is 0 Å². The van der Waals surface area contributed by atoms with Gasteiger partial charge in [-0.05, 0) is 40.7 Å². The van der Waals surface area contributed by atoms with Crippen molar-refractivity contribution in [2.75, 3.05) is 5.32 Å². The van der Waals surface area contributed by atoms with Crippen molar-refractivity contribution in [3.63, 3.8) is 0 Å². The minimum atomic E-state index is -0.669. The number of hydrogen-bond donors (Lipinski definition) is 2. The molecule has 1 heterocycles. The molecule has 0 saturated carbocycles. The molecule has 0 saturated heterocycles. The van der Waals surface area contributed by atoms with Crippen molar-refractivity contribution < 1.29 is 9.59 Å². The quantitative estimate of drug-likeness (QED) is 0.619. The molecule has 2 amide bonds. The molecule has 0 unspecified atom stereocenters. The number of fused-ring (bicyclic) bond motifs is 1. The van der Waals surface area contributed by atoms with Crippen molar-refractivity contribution in [2.45, 2.75) is 46.1 Å². The highest BCUT2D eigenvalue weighted by molar-refractivity contribution is 6.39. The van der Waals surface area contributed by atoms with Crippen molar-refractivity contribution in [3.05, 3.63) is 71.4 Å². The molecule has 0 aliphatic rings. The number of anilines is 1. The van der Waals surface area contributed by atoms with E-state index in [1.165, 1.54) is 5.56 Å². The summed E-state index contributed by atoms with van der Waals surface area (Å²) in [4.78, 5) is 29.2. The lowest BCUT2D eigenvalue weighted by molar-refractivity contribution is -0.136. The monoisotopic (exact) mass is 389 g/mol. The number of rotatable bonds is 5. The Bertz CT molecular complexity index is 1040. The Hall–Kier alpha value is -3.21. The molecule has 0 bridgehead atoms. The predicted molar refractivity (Wildman–Crippen MR) is 117 cm³/mol. The molecule has 3 aromatic rings. The minimum Gasteiger partial charge on any atom is -0.344 e. The fraction of sp³-hybridized carbons (Fsp3) is 0.292. The van der Waals surface area contributed by atoms with E-state index in [0.717, 1.165) is 22.0 Å². The topological polar surface area (TPSA) is 71.1 Å². The number of pyridine rings is 1. The first kappa shape index (κ1) is 20.5. The Labute approximate surface area is 171 Å². The second kappa shape index (κ2) is 8.86. The van der Waals surface area contributed by atoms with Crippen LogP contribution in [0, 0.1) is 0 Å². The van der Waals surface area contributed by atoms with E-state index in [1.54, 1.807) is 6.20 Å². The summed E-state index contributed by atoms with van der Waals surface area (Å²) in [5, 5.41) is 6.46. The second-order valence-electron chi connectivity index (χ2n) is 7.79. The van der Waals surface area contributed by atoms with Crippen LogP contribution >= 0.6 is 0 Å². The van der Waals surface area contributed by atoms with Crippen LogP contribution in [0.5, 0.6) is 0 Å². The van der Waals surface area contributed by atoms with Crippen molar-refractivity contribution in [2.24, 2.45) is 0 Å². The molecule has 5 nitrogen and oxygen atoms in total. The maximum Gasteiger partial charge on any atom is 0.313 e. The molecule has 0 aliphatic heterocycles. The SMILES string of the molecule is CC(C)c1ccc(NC(=O)C(=O)NCc2cccc3cccnc23)c(C(C)C)c1. The lowest BCUT2D eigenvalue weighted by atomic mass is 9.94. The zero-order chi connectivity index (χ0) is 21.0. The maximum absolute atomic E-state index is 12.5. The van der Waals surface area contributed by atoms with Gasteiger partial charge < -0.3 is 10.6 Å². The molecule has 0 spiro atoms. The van der Waals surface area contributed by atoms with Crippen LogP contribution in [0.25, 0.3) is 10.9 Å². The number of carbonyl (C=O) groups is 2. The lowest BCUT2D eigenvalue weighted by Gasteiger charge is -2.17. The van der Waals surface area contributed by atoms with Crippen molar-refractivity contribution in [1.82, 2.24) is 10.3 Å². The molecule has 29 heavy (non-hydrogen) atoms. The molecule has 0 aliphatic carbocycles. The number of carbonyl (C=O) groups excluding carboxylic acids is 2. The first-order chi connectivity index (χ1) is 13.9. The molecule has 0 radical (unpaired) electrons. The van der Waals surface area contributed by atoms with E-state index in [2.05, 4.69) is 49.4 Å². The van der Waals surface area contributed by atoms with Gasteiger partial charge in [0.1, 0.15) is 0 Å². The van der Waals surface area contributed by atoms with Crippen LogP contribution in [0.15, 0.2) is 54.7 Å². The molecule has 0 atom stereocenters. The van der Waals surface area contributed by atoms with Gasteiger partial charge in [0, 0.05) is 23.8 Å². The van der Waals surface area contributed by atoms with Gasteiger partial charge in [0.15, 0.2) is 0 Å². The number of para-hydroxylation sites is 1. The number of nitrogens with one attached hydrogen (secondary N) is 2. The third-order valence-electron chi connectivity index (χ3n) is 4.97. The van der Waals surface area contributed by atoms with E-state index in [9.17, 15) is 9.59 Å². The number of hydrogen-bond acceptors (Lipinski definition) is 3. The molecule has 1 aromatic heterocycles. The Morgan fingerprint density at radius 2 is 1.69 bits per heavy atom. The molecule has 3 rings (SSSR count). The number of benzene rings is 2. The van der Waals surface area contributed by atoms with E-state index in [0.29, 0.717) is 11.6 Å². The van der Waals surface area contributed by atoms with Crippen LogP contribution in [-0.4, -0.2) is 16.8 Å². The van der Waals surface area contributed by atoms with E-state index < -0.39 is 11.8 Å². The van der Waals surface area contributed by atoms with Crippen LogP contribution in [0.1, 0.15) is 56.2 Å². The fourth-order valence-corrected chi connectivity index (χ4v) is 3.28. The van der Waals surface area contributed by atoms with E-state index in [4.69, 9.17) is 0 Å². The number of aromatic nitrogens is 1. The van der Waals surface area contributed by atoms with Gasteiger partial charge in [-0.15, -0.1) is 0 Å². The van der Waals surface area contributed by atoms with Gasteiger partial charge in [-0.1, -0.05) is 64.1 Å². The van der Waals surface area contributed by atoms with Crippen LogP contribution in [0.3, 0.4) is 0 Å². The zero-order valence-corrected chi connectivity index (χ0v) is 17.3. The summed E-state index contributed by atoms with van der Waals surface area (Å²) < 4.78 is 0. The molecule has 150 valence electrons. The molecule has 2 N–H and O–H groups in total. The highest BCUT2D eigenvalue weighted by atomic mass is 16.2.